The van der Waals surface area contributed by atoms with Crippen LogP contribution in [0.15, 0.2) is 54.8 Å². The average Bonchev–Trinajstić information content (AvgIpc) is 2.69. The van der Waals surface area contributed by atoms with Gasteiger partial charge in [0.2, 0.25) is 0 Å². The number of aliphatic hydroxyl groups is 1. The minimum atomic E-state index is -0.992. The van der Waals surface area contributed by atoms with E-state index in [4.69, 9.17) is 0 Å². The summed E-state index contributed by atoms with van der Waals surface area (Å²) < 4.78 is 0. The Labute approximate surface area is 129 Å². The van der Waals surface area contributed by atoms with Crippen LogP contribution in [0, 0.1) is 0 Å². The number of anilines is 1. The van der Waals surface area contributed by atoms with Gasteiger partial charge in [0.15, 0.2) is 0 Å². The van der Waals surface area contributed by atoms with E-state index in [0.717, 1.165) is 5.56 Å². The molecule has 0 saturated heterocycles. The van der Waals surface area contributed by atoms with Gasteiger partial charge in [0.25, 0.3) is 11.8 Å². The number of nitrogens with one attached hydrogen (secondary N) is 2. The first-order valence-electron chi connectivity index (χ1n) is 6.82. The quantitative estimate of drug-likeness (QED) is 0.577. The van der Waals surface area contributed by atoms with Crippen molar-refractivity contribution < 1.29 is 14.7 Å². The van der Waals surface area contributed by atoms with Gasteiger partial charge in [-0.2, -0.15) is 0 Å². The van der Waals surface area contributed by atoms with Crippen LogP contribution in [-0.4, -0.2) is 22.5 Å². The molecule has 0 saturated carbocycles. The van der Waals surface area contributed by atoms with Crippen LogP contribution >= 0.6 is 0 Å². The molecule has 3 N–H and O–H groups in total. The fraction of sp³-hybridized carbons (Fsp3) is 0.176. The minimum absolute atomic E-state index is 0.269. The molecule has 0 spiro atoms. The molecule has 0 aromatic heterocycles. The molecule has 1 heterocycles. The summed E-state index contributed by atoms with van der Waals surface area (Å²) >= 11 is 0. The van der Waals surface area contributed by atoms with Crippen molar-refractivity contribution in [3.8, 4) is 0 Å². The lowest BCUT2D eigenvalue weighted by Gasteiger charge is -2.22. The largest absolute Gasteiger partial charge is 0.509 e. The number of carbonyl (C=O) groups excluding carboxylic acids is 2. The van der Waals surface area contributed by atoms with E-state index < -0.39 is 17.4 Å². The van der Waals surface area contributed by atoms with Crippen molar-refractivity contribution in [2.75, 3.05) is 5.32 Å². The standard InChI is InChI=1S/C17H18N2O3/c1-4-9-17(3)14(20)13(16(22)19-17)15(21)18-12-8-6-7-11(5-2)10-12/h4-8,10,20H,1-2,9H2,3H3,(H,18,21)(H,19,22). The van der Waals surface area contributed by atoms with E-state index in [0.29, 0.717) is 12.1 Å². The maximum Gasteiger partial charge on any atom is 0.264 e. The maximum atomic E-state index is 12.3. The van der Waals surface area contributed by atoms with E-state index in [9.17, 15) is 14.7 Å². The molecule has 0 aliphatic carbocycles. The lowest BCUT2D eigenvalue weighted by Crippen LogP contribution is -2.41. The highest BCUT2D eigenvalue weighted by Crippen LogP contribution is 2.29. The van der Waals surface area contributed by atoms with Crippen molar-refractivity contribution in [2.45, 2.75) is 18.9 Å². The Morgan fingerprint density at radius 1 is 1.45 bits per heavy atom. The molecular weight excluding hydrogens is 280 g/mol. The molecule has 5 nitrogen and oxygen atoms in total. The summed E-state index contributed by atoms with van der Waals surface area (Å²) in [5.74, 6) is -1.52. The Bertz CT molecular complexity index is 691. The van der Waals surface area contributed by atoms with Crippen LogP contribution < -0.4 is 10.6 Å². The first kappa shape index (κ1) is 15.6. The number of amides is 2. The molecule has 0 fully saturated rings. The van der Waals surface area contributed by atoms with E-state index in [1.165, 1.54) is 0 Å². The van der Waals surface area contributed by atoms with Gasteiger partial charge < -0.3 is 15.7 Å². The summed E-state index contributed by atoms with van der Waals surface area (Å²) in [5, 5.41) is 15.4. The van der Waals surface area contributed by atoms with Gasteiger partial charge in [-0.05, 0) is 31.0 Å². The Morgan fingerprint density at radius 3 is 2.82 bits per heavy atom. The molecule has 22 heavy (non-hydrogen) atoms. The van der Waals surface area contributed by atoms with Crippen LogP contribution in [0.3, 0.4) is 0 Å². The Morgan fingerprint density at radius 2 is 2.18 bits per heavy atom. The number of hydrogen-bond acceptors (Lipinski definition) is 3. The highest BCUT2D eigenvalue weighted by Gasteiger charge is 2.43. The Balaban J connectivity index is 2.28. The third-order valence-corrected chi connectivity index (χ3v) is 3.54. The third-order valence-electron chi connectivity index (χ3n) is 3.54. The fourth-order valence-corrected chi connectivity index (χ4v) is 2.34. The summed E-state index contributed by atoms with van der Waals surface area (Å²) in [5.41, 5.74) is 0.0960. The van der Waals surface area contributed by atoms with Crippen molar-refractivity contribution in [3.05, 3.63) is 60.4 Å². The van der Waals surface area contributed by atoms with Crippen LogP contribution in [0.25, 0.3) is 6.08 Å². The summed E-state index contributed by atoms with van der Waals surface area (Å²) in [7, 11) is 0. The third kappa shape index (κ3) is 2.79. The SMILES string of the molecule is C=CCC1(C)NC(=O)C(C(=O)Nc2cccc(C=C)c2)=C1O. The van der Waals surface area contributed by atoms with Gasteiger partial charge in [0, 0.05) is 5.69 Å². The summed E-state index contributed by atoms with van der Waals surface area (Å²) in [6.07, 6.45) is 3.55. The molecule has 0 radical (unpaired) electrons. The second kappa shape index (κ2) is 5.89. The number of hydrogen-bond donors (Lipinski definition) is 3. The van der Waals surface area contributed by atoms with Gasteiger partial charge >= 0.3 is 0 Å². The van der Waals surface area contributed by atoms with Crippen LogP contribution in [0.4, 0.5) is 5.69 Å². The van der Waals surface area contributed by atoms with Gasteiger partial charge in [-0.1, -0.05) is 30.9 Å². The van der Waals surface area contributed by atoms with Crippen molar-refractivity contribution >= 4 is 23.6 Å². The molecule has 1 aliphatic rings. The van der Waals surface area contributed by atoms with E-state index in [1.807, 2.05) is 6.07 Å². The Kier molecular flexibility index (Phi) is 4.17. The predicted octanol–water partition coefficient (Wildman–Crippen LogP) is 2.54. The molecule has 1 aromatic carbocycles. The zero-order valence-electron chi connectivity index (χ0n) is 12.3. The molecule has 1 unspecified atom stereocenters. The van der Waals surface area contributed by atoms with Crippen LogP contribution in [0.5, 0.6) is 0 Å². The van der Waals surface area contributed by atoms with E-state index in [2.05, 4.69) is 23.8 Å². The molecule has 5 heteroatoms. The average molecular weight is 298 g/mol. The number of benzene rings is 1. The lowest BCUT2D eigenvalue weighted by atomic mass is 9.96. The second-order valence-electron chi connectivity index (χ2n) is 5.29. The Hall–Kier alpha value is -2.82. The molecule has 2 rings (SSSR count). The van der Waals surface area contributed by atoms with E-state index in [-0.39, 0.29) is 11.3 Å². The molecule has 1 aromatic rings. The minimum Gasteiger partial charge on any atom is -0.509 e. The van der Waals surface area contributed by atoms with Crippen LogP contribution in [-0.2, 0) is 9.59 Å². The van der Waals surface area contributed by atoms with Crippen molar-refractivity contribution in [1.29, 1.82) is 0 Å². The fourth-order valence-electron chi connectivity index (χ4n) is 2.34. The number of rotatable bonds is 5. The van der Waals surface area contributed by atoms with Crippen molar-refractivity contribution in [1.82, 2.24) is 5.32 Å². The highest BCUT2D eigenvalue weighted by molar-refractivity contribution is 6.24. The van der Waals surface area contributed by atoms with Crippen LogP contribution in [0.1, 0.15) is 18.9 Å². The highest BCUT2D eigenvalue weighted by atomic mass is 16.3. The summed E-state index contributed by atoms with van der Waals surface area (Å²) in [6, 6.07) is 7.01. The normalized spacial score (nSPS) is 20.5. The molecular formula is C17H18N2O3. The second-order valence-corrected chi connectivity index (χ2v) is 5.29. The van der Waals surface area contributed by atoms with Crippen molar-refractivity contribution in [3.63, 3.8) is 0 Å². The number of aliphatic hydroxyl groups excluding tert-OH is 1. The monoisotopic (exact) mass is 298 g/mol. The zero-order chi connectivity index (χ0) is 16.3. The van der Waals surface area contributed by atoms with E-state index >= 15 is 0 Å². The molecule has 114 valence electrons. The van der Waals surface area contributed by atoms with Gasteiger partial charge in [0.05, 0.1) is 5.54 Å². The number of carbonyl (C=O) groups is 2. The zero-order valence-corrected chi connectivity index (χ0v) is 12.3. The molecule has 1 atom stereocenters. The van der Waals surface area contributed by atoms with Gasteiger partial charge in [-0.3, -0.25) is 9.59 Å². The van der Waals surface area contributed by atoms with Gasteiger partial charge in [-0.25, -0.2) is 0 Å². The van der Waals surface area contributed by atoms with E-state index in [1.54, 1.807) is 37.3 Å². The summed E-state index contributed by atoms with van der Waals surface area (Å²) in [4.78, 5) is 24.3. The molecule has 0 bridgehead atoms. The predicted molar refractivity (Wildman–Crippen MR) is 86.2 cm³/mol. The first-order chi connectivity index (χ1) is 10.4. The smallest absolute Gasteiger partial charge is 0.264 e. The van der Waals surface area contributed by atoms with Crippen molar-refractivity contribution in [2.24, 2.45) is 0 Å². The maximum absolute atomic E-state index is 12.3. The van der Waals surface area contributed by atoms with Gasteiger partial charge in [0.1, 0.15) is 11.3 Å². The van der Waals surface area contributed by atoms with Gasteiger partial charge in [-0.15, -0.1) is 6.58 Å². The molecule has 2 amide bonds. The topological polar surface area (TPSA) is 78.4 Å². The first-order valence-corrected chi connectivity index (χ1v) is 6.82. The van der Waals surface area contributed by atoms with Crippen LogP contribution in [0.2, 0.25) is 0 Å². The molecule has 1 aliphatic heterocycles. The summed E-state index contributed by atoms with van der Waals surface area (Å²) in [6.45, 7) is 8.89. The lowest BCUT2D eigenvalue weighted by molar-refractivity contribution is -0.121.